The van der Waals surface area contributed by atoms with Gasteiger partial charge in [0.05, 0.1) is 0 Å². The third-order valence-electron chi connectivity index (χ3n) is 2.51. The highest BCUT2D eigenvalue weighted by Crippen LogP contribution is 2.24. The summed E-state index contributed by atoms with van der Waals surface area (Å²) in [6.07, 6.45) is 3.35. The Morgan fingerprint density at radius 2 is 1.77 bits per heavy atom. The third-order valence-corrected chi connectivity index (χ3v) is 2.51. The summed E-state index contributed by atoms with van der Waals surface area (Å²) in [6.45, 7) is 1.98. The van der Waals surface area contributed by atoms with Crippen molar-refractivity contribution in [2.75, 3.05) is 0 Å². The van der Waals surface area contributed by atoms with Crippen LogP contribution in [0.4, 0.5) is 13.2 Å². The van der Waals surface area contributed by atoms with Gasteiger partial charge in [-0.1, -0.05) is 13.3 Å². The Labute approximate surface area is 124 Å². The Kier molecular flexibility index (Phi) is 6.79. The number of nitrogens with zero attached hydrogens (tertiary/aromatic N) is 1. The topological polar surface area (TPSA) is 56.3 Å². The van der Waals surface area contributed by atoms with Crippen LogP contribution in [-0.2, 0) is 16.0 Å². The summed E-state index contributed by atoms with van der Waals surface area (Å²) in [5.41, 5.74) is 0.762. The van der Waals surface area contributed by atoms with Gasteiger partial charge in [0.25, 0.3) is 5.88 Å². The fraction of sp³-hybridized carbons (Fsp3) is 0.200. The molecule has 0 aliphatic carbocycles. The third kappa shape index (κ3) is 5.03. The average molecular weight is 311 g/mol. The fourth-order valence-corrected chi connectivity index (χ4v) is 1.62. The minimum atomic E-state index is -1.06. The molecule has 1 aromatic heterocycles. The standard InChI is InChI=1S/C14H12F3NO.CO2/c1-2-3-9-6-13(17)14(18-8-9)19-10-4-5-11(15)12(16)7-10;2-1-3/h4-8H,2-3H2,1H3;. The maximum atomic E-state index is 13.7. The first-order valence-corrected chi connectivity index (χ1v) is 6.28. The lowest BCUT2D eigenvalue weighted by Crippen LogP contribution is -1.95. The molecule has 0 saturated heterocycles. The van der Waals surface area contributed by atoms with Gasteiger partial charge < -0.3 is 4.74 Å². The van der Waals surface area contributed by atoms with Crippen LogP contribution in [0.2, 0.25) is 0 Å². The highest BCUT2D eigenvalue weighted by atomic mass is 19.2. The van der Waals surface area contributed by atoms with E-state index in [2.05, 4.69) is 4.98 Å². The number of halogens is 3. The van der Waals surface area contributed by atoms with E-state index in [1.807, 2.05) is 6.92 Å². The first-order valence-electron chi connectivity index (χ1n) is 6.28. The van der Waals surface area contributed by atoms with Crippen LogP contribution in [0.5, 0.6) is 11.6 Å². The van der Waals surface area contributed by atoms with Crippen molar-refractivity contribution in [2.24, 2.45) is 0 Å². The summed E-state index contributed by atoms with van der Waals surface area (Å²) in [7, 11) is 0. The number of aromatic nitrogens is 1. The molecule has 0 atom stereocenters. The molecular weight excluding hydrogens is 299 g/mol. The number of ether oxygens (including phenoxy) is 1. The highest BCUT2D eigenvalue weighted by Gasteiger charge is 2.10. The highest BCUT2D eigenvalue weighted by molar-refractivity contribution is 5.29. The van der Waals surface area contributed by atoms with Crippen molar-refractivity contribution >= 4 is 6.15 Å². The summed E-state index contributed by atoms with van der Waals surface area (Å²) < 4.78 is 44.5. The molecule has 0 radical (unpaired) electrons. The molecule has 2 rings (SSSR count). The van der Waals surface area contributed by atoms with Gasteiger partial charge in [0, 0.05) is 12.3 Å². The second-order valence-electron chi connectivity index (χ2n) is 4.14. The smallest absolute Gasteiger partial charge is 0.373 e. The van der Waals surface area contributed by atoms with Crippen LogP contribution >= 0.6 is 0 Å². The molecule has 1 aromatic carbocycles. The zero-order valence-electron chi connectivity index (χ0n) is 11.6. The van der Waals surface area contributed by atoms with Crippen molar-refractivity contribution in [3.63, 3.8) is 0 Å². The predicted molar refractivity (Wildman–Crippen MR) is 69.6 cm³/mol. The van der Waals surface area contributed by atoms with Crippen LogP contribution in [0, 0.1) is 17.5 Å². The van der Waals surface area contributed by atoms with E-state index in [0.29, 0.717) is 0 Å². The molecule has 0 fully saturated rings. The van der Waals surface area contributed by atoms with Crippen LogP contribution in [0.1, 0.15) is 18.9 Å². The van der Waals surface area contributed by atoms with E-state index in [-0.39, 0.29) is 17.8 Å². The van der Waals surface area contributed by atoms with Crippen molar-refractivity contribution in [1.82, 2.24) is 4.98 Å². The van der Waals surface area contributed by atoms with Crippen molar-refractivity contribution < 1.29 is 27.5 Å². The van der Waals surface area contributed by atoms with Crippen molar-refractivity contribution in [3.8, 4) is 11.6 Å². The van der Waals surface area contributed by atoms with E-state index in [1.54, 1.807) is 0 Å². The quantitative estimate of drug-likeness (QED) is 0.864. The number of benzene rings is 1. The summed E-state index contributed by atoms with van der Waals surface area (Å²) in [5, 5.41) is 0. The number of rotatable bonds is 4. The Bertz CT molecular complexity index is 671. The summed E-state index contributed by atoms with van der Waals surface area (Å²) in [5.74, 6) is -2.94. The molecule has 0 aliphatic heterocycles. The van der Waals surface area contributed by atoms with Crippen LogP contribution in [-0.4, -0.2) is 11.1 Å². The number of pyridine rings is 1. The van der Waals surface area contributed by atoms with E-state index >= 15 is 0 Å². The molecule has 7 heteroatoms. The molecule has 22 heavy (non-hydrogen) atoms. The van der Waals surface area contributed by atoms with Crippen molar-refractivity contribution in [3.05, 3.63) is 53.5 Å². The van der Waals surface area contributed by atoms with Gasteiger partial charge >= 0.3 is 6.15 Å². The van der Waals surface area contributed by atoms with Crippen molar-refractivity contribution in [2.45, 2.75) is 19.8 Å². The van der Waals surface area contributed by atoms with Crippen LogP contribution in [0.15, 0.2) is 30.5 Å². The number of aryl methyl sites for hydroxylation is 1. The lowest BCUT2D eigenvalue weighted by Gasteiger charge is -2.07. The van der Waals surface area contributed by atoms with Gasteiger partial charge in [0.2, 0.25) is 0 Å². The molecule has 116 valence electrons. The minimum Gasteiger partial charge on any atom is -0.436 e. The zero-order valence-corrected chi connectivity index (χ0v) is 11.6. The zero-order chi connectivity index (χ0) is 16.5. The van der Waals surface area contributed by atoms with Crippen LogP contribution in [0.3, 0.4) is 0 Å². The average Bonchev–Trinajstić information content (AvgIpc) is 2.47. The second-order valence-corrected chi connectivity index (χ2v) is 4.14. The van der Waals surface area contributed by atoms with E-state index in [4.69, 9.17) is 14.3 Å². The molecule has 0 amide bonds. The van der Waals surface area contributed by atoms with Crippen LogP contribution < -0.4 is 4.74 Å². The van der Waals surface area contributed by atoms with Crippen LogP contribution in [0.25, 0.3) is 0 Å². The first-order chi connectivity index (χ1) is 10.5. The Morgan fingerprint density at radius 1 is 1.09 bits per heavy atom. The summed E-state index contributed by atoms with van der Waals surface area (Å²) >= 11 is 0. The maximum Gasteiger partial charge on any atom is 0.373 e. The SMILES string of the molecule is CCCc1cnc(Oc2ccc(F)c(F)c2)c(F)c1.O=C=O. The van der Waals surface area contributed by atoms with Crippen molar-refractivity contribution in [1.29, 1.82) is 0 Å². The van der Waals surface area contributed by atoms with E-state index in [1.165, 1.54) is 18.3 Å². The van der Waals surface area contributed by atoms with Gasteiger partial charge in [-0.2, -0.15) is 9.59 Å². The molecule has 0 saturated carbocycles. The molecule has 0 spiro atoms. The monoisotopic (exact) mass is 311 g/mol. The van der Waals surface area contributed by atoms with E-state index in [0.717, 1.165) is 30.5 Å². The lowest BCUT2D eigenvalue weighted by atomic mass is 10.2. The summed E-state index contributed by atoms with van der Waals surface area (Å²) in [4.78, 5) is 20.1. The lowest BCUT2D eigenvalue weighted by molar-refractivity contribution is -0.191. The number of carbonyl (C=O) groups excluding carboxylic acids is 2. The van der Waals surface area contributed by atoms with E-state index in [9.17, 15) is 13.2 Å². The second kappa shape index (κ2) is 8.59. The normalized spacial score (nSPS) is 9.45. The summed E-state index contributed by atoms with van der Waals surface area (Å²) in [6, 6.07) is 4.29. The molecule has 0 unspecified atom stereocenters. The first kappa shape index (κ1) is 17.4. The largest absolute Gasteiger partial charge is 0.436 e. The van der Waals surface area contributed by atoms with Gasteiger partial charge in [0.15, 0.2) is 17.5 Å². The minimum absolute atomic E-state index is 0.00598. The molecule has 0 aliphatic rings. The number of hydrogen-bond donors (Lipinski definition) is 0. The van der Waals surface area contributed by atoms with Gasteiger partial charge in [-0.15, -0.1) is 0 Å². The Morgan fingerprint density at radius 3 is 2.32 bits per heavy atom. The van der Waals surface area contributed by atoms with Gasteiger partial charge in [-0.25, -0.2) is 18.2 Å². The molecule has 2 aromatic rings. The van der Waals surface area contributed by atoms with E-state index < -0.39 is 17.5 Å². The predicted octanol–water partition coefficient (Wildman–Crippen LogP) is 3.66. The Balaban J connectivity index is 0.000000745. The Hall–Kier alpha value is -2.66. The molecular formula is C15H12F3NO3. The maximum absolute atomic E-state index is 13.7. The van der Waals surface area contributed by atoms with Gasteiger partial charge in [0.1, 0.15) is 5.75 Å². The molecule has 1 heterocycles. The molecule has 4 nitrogen and oxygen atoms in total. The van der Waals surface area contributed by atoms with Gasteiger partial charge in [-0.05, 0) is 30.2 Å². The van der Waals surface area contributed by atoms with Gasteiger partial charge in [-0.3, -0.25) is 0 Å². The fourth-order valence-electron chi connectivity index (χ4n) is 1.62. The molecule has 0 bridgehead atoms. The molecule has 0 N–H and O–H groups in total. The number of hydrogen-bond acceptors (Lipinski definition) is 4.